The van der Waals surface area contributed by atoms with Gasteiger partial charge in [-0.25, -0.2) is 14.6 Å². The largest absolute Gasteiger partial charge is 0.394 e. The van der Waals surface area contributed by atoms with E-state index in [0.717, 1.165) is 12.2 Å². The first-order chi connectivity index (χ1) is 11.6. The van der Waals surface area contributed by atoms with E-state index >= 15 is 0 Å². The molecule has 0 saturated heterocycles. The van der Waals surface area contributed by atoms with Crippen molar-refractivity contribution >= 4 is 34.5 Å². The van der Waals surface area contributed by atoms with Crippen LogP contribution in [0.3, 0.4) is 0 Å². The molecule has 1 aliphatic rings. The molecule has 0 aromatic carbocycles. The van der Waals surface area contributed by atoms with E-state index in [2.05, 4.69) is 27.2 Å². The fraction of sp³-hybridized carbons (Fsp3) is 0.714. The van der Waals surface area contributed by atoms with Crippen LogP contribution in [-0.4, -0.2) is 66.3 Å². The summed E-state index contributed by atoms with van der Waals surface area (Å²) in [5.41, 5.74) is 0.963. The number of rotatable bonds is 7. The second-order valence-electron chi connectivity index (χ2n) is 5.67. The molecule has 3 unspecified atom stereocenters. The Bertz CT molecular complexity index is 700. The fourth-order valence-electron chi connectivity index (χ4n) is 2.83. The summed E-state index contributed by atoms with van der Waals surface area (Å²) in [4.78, 5) is 8.75. The van der Waals surface area contributed by atoms with E-state index in [1.54, 1.807) is 4.68 Å². The number of ether oxygens (including phenoxy) is 1. The predicted octanol–water partition coefficient (Wildman–Crippen LogP) is 1.45. The van der Waals surface area contributed by atoms with Crippen molar-refractivity contribution in [2.45, 2.75) is 49.6 Å². The quantitative estimate of drug-likeness (QED) is 0.426. The molecule has 0 radical (unpaired) electrons. The zero-order valence-corrected chi connectivity index (χ0v) is 14.9. The Balaban J connectivity index is 1.87. The van der Waals surface area contributed by atoms with Crippen LogP contribution in [0.1, 0.15) is 32.2 Å². The van der Waals surface area contributed by atoms with Crippen molar-refractivity contribution in [1.29, 1.82) is 0 Å². The van der Waals surface area contributed by atoms with Gasteiger partial charge in [0.1, 0.15) is 0 Å². The second-order valence-corrected chi connectivity index (χ2v) is 7.09. The van der Waals surface area contributed by atoms with E-state index in [4.69, 9.17) is 21.4 Å². The second kappa shape index (κ2) is 7.92. The first-order valence-corrected chi connectivity index (χ1v) is 9.32. The van der Waals surface area contributed by atoms with E-state index in [1.807, 2.05) is 0 Å². The summed E-state index contributed by atoms with van der Waals surface area (Å²) in [7, 11) is 0. The van der Waals surface area contributed by atoms with E-state index in [9.17, 15) is 5.11 Å². The van der Waals surface area contributed by atoms with Crippen LogP contribution < -0.4 is 0 Å². The van der Waals surface area contributed by atoms with Crippen molar-refractivity contribution in [2.75, 3.05) is 19.0 Å². The minimum atomic E-state index is -0.612. The highest BCUT2D eigenvalue weighted by Gasteiger charge is 2.37. The number of thioether (sulfide) groups is 1. The maximum absolute atomic E-state index is 10.4. The Kier molecular flexibility index (Phi) is 5.88. The SMILES string of the molecule is CCCSc1nc(Cl)c2nnn(C3CC(OCCO)CC3O)c2n1. The van der Waals surface area contributed by atoms with Crippen LogP contribution in [0.4, 0.5) is 0 Å². The molecular weight excluding hydrogens is 354 g/mol. The van der Waals surface area contributed by atoms with Crippen molar-refractivity contribution in [3.8, 4) is 0 Å². The van der Waals surface area contributed by atoms with E-state index in [-0.39, 0.29) is 30.5 Å². The average Bonchev–Trinajstić information content (AvgIpc) is 3.14. The van der Waals surface area contributed by atoms with Gasteiger partial charge in [-0.3, -0.25) is 0 Å². The highest BCUT2D eigenvalue weighted by atomic mass is 35.5. The molecule has 0 amide bonds. The third-order valence-corrected chi connectivity index (χ3v) is 5.22. The van der Waals surface area contributed by atoms with Crippen LogP contribution >= 0.6 is 23.4 Å². The number of hydrogen-bond acceptors (Lipinski definition) is 8. The van der Waals surface area contributed by atoms with Crippen molar-refractivity contribution in [3.63, 3.8) is 0 Å². The summed E-state index contributed by atoms with van der Waals surface area (Å²) < 4.78 is 7.15. The van der Waals surface area contributed by atoms with E-state index < -0.39 is 6.10 Å². The lowest BCUT2D eigenvalue weighted by Gasteiger charge is -2.14. The van der Waals surface area contributed by atoms with Gasteiger partial charge in [-0.05, 0) is 12.8 Å². The smallest absolute Gasteiger partial charge is 0.191 e. The van der Waals surface area contributed by atoms with Gasteiger partial charge >= 0.3 is 0 Å². The highest BCUT2D eigenvalue weighted by Crippen LogP contribution is 2.34. The summed E-state index contributed by atoms with van der Waals surface area (Å²) in [6.45, 7) is 2.30. The van der Waals surface area contributed by atoms with Gasteiger partial charge in [-0.2, -0.15) is 0 Å². The first kappa shape index (κ1) is 17.8. The van der Waals surface area contributed by atoms with Crippen LogP contribution in [0, 0.1) is 0 Å². The summed E-state index contributed by atoms with van der Waals surface area (Å²) in [5, 5.41) is 28.3. The topological polar surface area (TPSA) is 106 Å². The van der Waals surface area contributed by atoms with Crippen molar-refractivity contribution < 1.29 is 14.9 Å². The maximum atomic E-state index is 10.4. The van der Waals surface area contributed by atoms with Gasteiger partial charge in [0.25, 0.3) is 0 Å². The molecule has 1 fully saturated rings. The lowest BCUT2D eigenvalue weighted by Crippen LogP contribution is -2.19. The Morgan fingerprint density at radius 2 is 2.21 bits per heavy atom. The molecule has 132 valence electrons. The minimum absolute atomic E-state index is 0.0373. The number of hydrogen-bond donors (Lipinski definition) is 2. The molecule has 8 nitrogen and oxygen atoms in total. The molecule has 2 N–H and O–H groups in total. The third kappa shape index (κ3) is 3.65. The Morgan fingerprint density at radius 1 is 1.38 bits per heavy atom. The standard InChI is InChI=1S/C14H20ClN5O3S/c1-2-5-24-14-16-12(15)11-13(17-14)20(19-18-11)9-6-8(7-10(9)22)23-4-3-21/h8-10,21-22H,2-7H2,1H3. The van der Waals surface area contributed by atoms with Gasteiger partial charge < -0.3 is 14.9 Å². The normalized spacial score (nSPS) is 24.1. The number of aliphatic hydroxyl groups excluding tert-OH is 2. The maximum Gasteiger partial charge on any atom is 0.191 e. The molecule has 3 rings (SSSR count). The summed E-state index contributed by atoms with van der Waals surface area (Å²) >= 11 is 7.73. The molecular formula is C14H20ClN5O3S. The van der Waals surface area contributed by atoms with Gasteiger partial charge in [0.2, 0.25) is 0 Å². The zero-order valence-electron chi connectivity index (χ0n) is 13.3. The lowest BCUT2D eigenvalue weighted by atomic mass is 10.2. The Morgan fingerprint density at radius 3 is 2.96 bits per heavy atom. The third-order valence-electron chi connectivity index (χ3n) is 3.91. The Labute approximate surface area is 148 Å². The predicted molar refractivity (Wildman–Crippen MR) is 90.2 cm³/mol. The molecule has 0 aliphatic heterocycles. The molecule has 3 atom stereocenters. The molecule has 10 heteroatoms. The first-order valence-electron chi connectivity index (χ1n) is 7.95. The molecule has 2 aromatic heterocycles. The monoisotopic (exact) mass is 373 g/mol. The van der Waals surface area contributed by atoms with Crippen LogP contribution in [0.15, 0.2) is 5.16 Å². The van der Waals surface area contributed by atoms with Crippen LogP contribution in [0.5, 0.6) is 0 Å². The van der Waals surface area contributed by atoms with Gasteiger partial charge in [-0.15, -0.1) is 5.10 Å². The van der Waals surface area contributed by atoms with Crippen LogP contribution in [-0.2, 0) is 4.74 Å². The van der Waals surface area contributed by atoms with E-state index in [1.165, 1.54) is 11.8 Å². The molecule has 2 aromatic rings. The number of fused-ring (bicyclic) bond motifs is 1. The fourth-order valence-corrected chi connectivity index (χ4v) is 3.77. The number of aliphatic hydroxyl groups is 2. The molecule has 24 heavy (non-hydrogen) atoms. The van der Waals surface area contributed by atoms with Crippen LogP contribution in [0.2, 0.25) is 5.15 Å². The molecule has 1 aliphatic carbocycles. The summed E-state index contributed by atoms with van der Waals surface area (Å²) in [6, 6.07) is -0.284. The molecule has 0 spiro atoms. The van der Waals surface area contributed by atoms with Gasteiger partial charge in [0.05, 0.1) is 31.5 Å². The molecule has 0 bridgehead atoms. The summed E-state index contributed by atoms with van der Waals surface area (Å²) in [6.07, 6.45) is 1.34. The van der Waals surface area contributed by atoms with E-state index in [0.29, 0.717) is 29.2 Å². The van der Waals surface area contributed by atoms with Gasteiger partial charge in [-0.1, -0.05) is 35.5 Å². The highest BCUT2D eigenvalue weighted by molar-refractivity contribution is 7.99. The number of nitrogens with zero attached hydrogens (tertiary/aromatic N) is 5. The van der Waals surface area contributed by atoms with Crippen LogP contribution in [0.25, 0.3) is 11.2 Å². The van der Waals surface area contributed by atoms with Crippen molar-refractivity contribution in [1.82, 2.24) is 25.0 Å². The average molecular weight is 374 g/mol. The summed E-state index contributed by atoms with van der Waals surface area (Å²) in [5.74, 6) is 0.895. The van der Waals surface area contributed by atoms with Crippen molar-refractivity contribution in [3.05, 3.63) is 5.15 Å². The van der Waals surface area contributed by atoms with Gasteiger partial charge in [0, 0.05) is 12.2 Å². The number of halogens is 1. The molecule has 2 heterocycles. The zero-order chi connectivity index (χ0) is 17.1. The minimum Gasteiger partial charge on any atom is -0.394 e. The molecule has 1 saturated carbocycles. The van der Waals surface area contributed by atoms with Gasteiger partial charge in [0.15, 0.2) is 21.5 Å². The number of aromatic nitrogens is 5. The Hall–Kier alpha value is -1.00. The van der Waals surface area contributed by atoms with Crippen molar-refractivity contribution in [2.24, 2.45) is 0 Å². The lowest BCUT2D eigenvalue weighted by molar-refractivity contribution is 0.0252.